The van der Waals surface area contributed by atoms with Crippen LogP contribution in [0.25, 0.3) is 10.9 Å². The van der Waals surface area contributed by atoms with E-state index in [-0.39, 0.29) is 10.5 Å². The normalized spacial score (nSPS) is 11.3. The zero-order valence-corrected chi connectivity index (χ0v) is 15.0. The third kappa shape index (κ3) is 3.75. The van der Waals surface area contributed by atoms with E-state index in [0.29, 0.717) is 5.69 Å². The Morgan fingerprint density at radius 2 is 1.58 bits per heavy atom. The van der Waals surface area contributed by atoms with E-state index in [1.165, 1.54) is 24.3 Å². The van der Waals surface area contributed by atoms with Gasteiger partial charge < -0.3 is 4.98 Å². The first kappa shape index (κ1) is 17.7. The molecule has 0 radical (unpaired) electrons. The summed E-state index contributed by atoms with van der Waals surface area (Å²) >= 11 is 0. The molecule has 2 aromatic carbocycles. The SMILES string of the molecule is Cc1ccc2cc(C(=O)NNC(=O)c3ccc(S(C)(=O)=O)cc3)[nH]c2c1. The molecule has 0 spiro atoms. The number of amides is 2. The summed E-state index contributed by atoms with van der Waals surface area (Å²) in [6.07, 6.45) is 1.09. The lowest BCUT2D eigenvalue weighted by atomic mass is 10.2. The molecule has 0 aliphatic rings. The van der Waals surface area contributed by atoms with Crippen molar-refractivity contribution in [2.24, 2.45) is 0 Å². The molecule has 134 valence electrons. The molecule has 7 nitrogen and oxygen atoms in total. The standard InChI is InChI=1S/C18H17N3O4S/c1-11-3-4-13-10-16(19-15(13)9-11)18(23)21-20-17(22)12-5-7-14(8-6-12)26(2,24)25/h3-10,19H,1-2H3,(H,20,22)(H,21,23). The molecule has 0 aliphatic carbocycles. The number of hydrogen-bond acceptors (Lipinski definition) is 4. The van der Waals surface area contributed by atoms with Crippen molar-refractivity contribution in [1.82, 2.24) is 15.8 Å². The molecule has 0 saturated heterocycles. The predicted molar refractivity (Wildman–Crippen MR) is 97.5 cm³/mol. The van der Waals surface area contributed by atoms with Crippen LogP contribution in [0.5, 0.6) is 0 Å². The van der Waals surface area contributed by atoms with Crippen LogP contribution in [-0.2, 0) is 9.84 Å². The van der Waals surface area contributed by atoms with E-state index >= 15 is 0 Å². The van der Waals surface area contributed by atoms with Crippen molar-refractivity contribution >= 4 is 32.6 Å². The second-order valence-corrected chi connectivity index (χ2v) is 7.99. The molecule has 0 saturated carbocycles. The maximum absolute atomic E-state index is 12.2. The number of benzene rings is 2. The number of H-pyrrole nitrogens is 1. The van der Waals surface area contributed by atoms with E-state index in [2.05, 4.69) is 15.8 Å². The van der Waals surface area contributed by atoms with Crippen LogP contribution in [-0.4, -0.2) is 31.5 Å². The van der Waals surface area contributed by atoms with Gasteiger partial charge in [0.2, 0.25) is 0 Å². The highest BCUT2D eigenvalue weighted by Crippen LogP contribution is 2.16. The van der Waals surface area contributed by atoms with Crippen LogP contribution < -0.4 is 10.9 Å². The minimum Gasteiger partial charge on any atom is -0.350 e. The lowest BCUT2D eigenvalue weighted by Gasteiger charge is -2.07. The number of rotatable bonds is 3. The van der Waals surface area contributed by atoms with Crippen LogP contribution >= 0.6 is 0 Å². The number of nitrogens with one attached hydrogen (secondary N) is 3. The highest BCUT2D eigenvalue weighted by atomic mass is 32.2. The highest BCUT2D eigenvalue weighted by Gasteiger charge is 2.13. The van der Waals surface area contributed by atoms with Crippen molar-refractivity contribution < 1.29 is 18.0 Å². The molecule has 8 heteroatoms. The first-order valence-electron chi connectivity index (χ1n) is 7.74. The lowest BCUT2D eigenvalue weighted by molar-refractivity contribution is 0.0844. The first-order chi connectivity index (χ1) is 12.2. The Balaban J connectivity index is 1.67. The van der Waals surface area contributed by atoms with E-state index < -0.39 is 21.7 Å². The Labute approximate surface area is 150 Å². The van der Waals surface area contributed by atoms with Gasteiger partial charge in [-0.05, 0) is 48.9 Å². The van der Waals surface area contributed by atoms with Crippen molar-refractivity contribution in [1.29, 1.82) is 0 Å². The average Bonchev–Trinajstić information content (AvgIpc) is 3.02. The minimum absolute atomic E-state index is 0.117. The zero-order valence-electron chi connectivity index (χ0n) is 14.2. The molecule has 0 unspecified atom stereocenters. The Kier molecular flexibility index (Phi) is 4.52. The Bertz CT molecular complexity index is 1100. The summed E-state index contributed by atoms with van der Waals surface area (Å²) in [6, 6.07) is 12.9. The summed E-state index contributed by atoms with van der Waals surface area (Å²) in [4.78, 5) is 27.4. The van der Waals surface area contributed by atoms with Gasteiger partial charge >= 0.3 is 0 Å². The molecule has 3 N–H and O–H groups in total. The smallest absolute Gasteiger partial charge is 0.286 e. The number of hydrogen-bond donors (Lipinski definition) is 3. The van der Waals surface area contributed by atoms with Gasteiger partial charge in [0.15, 0.2) is 9.84 Å². The van der Waals surface area contributed by atoms with Crippen LogP contribution in [0.2, 0.25) is 0 Å². The lowest BCUT2D eigenvalue weighted by Crippen LogP contribution is -2.41. The van der Waals surface area contributed by atoms with Crippen molar-refractivity contribution in [3.8, 4) is 0 Å². The topological polar surface area (TPSA) is 108 Å². The maximum atomic E-state index is 12.2. The summed E-state index contributed by atoms with van der Waals surface area (Å²) < 4.78 is 22.8. The monoisotopic (exact) mass is 371 g/mol. The van der Waals surface area contributed by atoms with Crippen LogP contribution in [0.3, 0.4) is 0 Å². The molecule has 1 heterocycles. The number of hydrazine groups is 1. The zero-order chi connectivity index (χ0) is 18.9. The third-order valence-electron chi connectivity index (χ3n) is 3.86. The van der Waals surface area contributed by atoms with Gasteiger partial charge in [0, 0.05) is 22.7 Å². The maximum Gasteiger partial charge on any atom is 0.286 e. The summed E-state index contributed by atoms with van der Waals surface area (Å²) in [6.45, 7) is 1.95. The van der Waals surface area contributed by atoms with Gasteiger partial charge in [0.05, 0.1) is 4.90 Å². The fraction of sp³-hybridized carbons (Fsp3) is 0.111. The van der Waals surface area contributed by atoms with Crippen LogP contribution in [0.1, 0.15) is 26.4 Å². The number of fused-ring (bicyclic) bond motifs is 1. The van der Waals surface area contributed by atoms with Crippen molar-refractivity contribution in [3.05, 3.63) is 65.4 Å². The molecule has 1 aromatic heterocycles. The second-order valence-electron chi connectivity index (χ2n) is 5.98. The van der Waals surface area contributed by atoms with Gasteiger partial charge in [0.1, 0.15) is 5.69 Å². The summed E-state index contributed by atoms with van der Waals surface area (Å²) in [5.74, 6) is -1.04. The molecule has 0 fully saturated rings. The van der Waals surface area contributed by atoms with Gasteiger partial charge in [0.25, 0.3) is 11.8 Å². The molecule has 3 rings (SSSR count). The molecule has 0 atom stereocenters. The Hall–Kier alpha value is -3.13. The quantitative estimate of drug-likeness (QED) is 0.612. The van der Waals surface area contributed by atoms with Gasteiger partial charge in [-0.25, -0.2) is 8.42 Å². The van der Waals surface area contributed by atoms with Crippen LogP contribution in [0.15, 0.2) is 53.4 Å². The van der Waals surface area contributed by atoms with E-state index in [1.54, 1.807) is 6.07 Å². The number of carbonyl (C=O) groups excluding carboxylic acids is 2. The van der Waals surface area contributed by atoms with E-state index in [9.17, 15) is 18.0 Å². The van der Waals surface area contributed by atoms with Gasteiger partial charge in [-0.3, -0.25) is 20.4 Å². The number of aromatic amines is 1. The fourth-order valence-corrected chi connectivity index (χ4v) is 3.10. The van der Waals surface area contributed by atoms with Gasteiger partial charge in [-0.15, -0.1) is 0 Å². The van der Waals surface area contributed by atoms with Crippen LogP contribution in [0.4, 0.5) is 0 Å². The molecule has 3 aromatic rings. The first-order valence-corrected chi connectivity index (χ1v) is 9.63. The average molecular weight is 371 g/mol. The van der Waals surface area contributed by atoms with E-state index in [4.69, 9.17) is 0 Å². The molecule has 0 bridgehead atoms. The Morgan fingerprint density at radius 1 is 0.923 bits per heavy atom. The van der Waals surface area contributed by atoms with Crippen molar-refractivity contribution in [2.75, 3.05) is 6.26 Å². The number of aryl methyl sites for hydroxylation is 1. The van der Waals surface area contributed by atoms with Crippen LogP contribution in [0, 0.1) is 6.92 Å². The summed E-state index contributed by atoms with van der Waals surface area (Å²) in [5, 5.41) is 0.892. The molecular formula is C18H17N3O4S. The molecule has 26 heavy (non-hydrogen) atoms. The fourth-order valence-electron chi connectivity index (χ4n) is 2.47. The largest absolute Gasteiger partial charge is 0.350 e. The molecule has 2 amide bonds. The number of carbonyl (C=O) groups is 2. The van der Waals surface area contributed by atoms with Gasteiger partial charge in [-0.1, -0.05) is 12.1 Å². The minimum atomic E-state index is -3.33. The summed E-state index contributed by atoms with van der Waals surface area (Å²) in [7, 11) is -3.33. The van der Waals surface area contributed by atoms with Crippen molar-refractivity contribution in [3.63, 3.8) is 0 Å². The highest BCUT2D eigenvalue weighted by molar-refractivity contribution is 7.90. The molecular weight excluding hydrogens is 354 g/mol. The number of sulfone groups is 1. The Morgan fingerprint density at radius 3 is 2.23 bits per heavy atom. The van der Waals surface area contributed by atoms with Gasteiger partial charge in [-0.2, -0.15) is 0 Å². The third-order valence-corrected chi connectivity index (χ3v) is 4.99. The predicted octanol–water partition coefficient (Wildman–Crippen LogP) is 1.95. The van der Waals surface area contributed by atoms with E-state index in [0.717, 1.165) is 22.7 Å². The number of aromatic nitrogens is 1. The van der Waals surface area contributed by atoms with E-state index in [1.807, 2.05) is 25.1 Å². The second kappa shape index (κ2) is 6.64. The van der Waals surface area contributed by atoms with Crippen molar-refractivity contribution in [2.45, 2.75) is 11.8 Å². The molecule has 0 aliphatic heterocycles. The summed E-state index contributed by atoms with van der Waals surface area (Å²) in [5.41, 5.74) is 7.08.